The number of carbonyl (C=O) groups excluding carboxylic acids is 1. The molecular weight excluding hydrogens is 316 g/mol. The van der Waals surface area contributed by atoms with Gasteiger partial charge in [0.15, 0.2) is 17.3 Å². The molecule has 0 fully saturated rings. The van der Waals surface area contributed by atoms with Crippen LogP contribution in [0, 0.1) is 27.7 Å². The Morgan fingerprint density at radius 3 is 2.00 bits per heavy atom. The van der Waals surface area contributed by atoms with Gasteiger partial charge < -0.3 is 14.2 Å². The van der Waals surface area contributed by atoms with Crippen molar-refractivity contribution >= 4 is 5.78 Å². The Morgan fingerprint density at radius 2 is 1.44 bits per heavy atom. The van der Waals surface area contributed by atoms with Gasteiger partial charge in [-0.25, -0.2) is 0 Å². The number of carbonyl (C=O) groups is 1. The SMILES string of the molecule is COc1cc(C)c(CC(=O)c2c(C)ccc(C)c2C)c(OC)c1OC. The molecule has 25 heavy (non-hydrogen) atoms. The second-order valence-corrected chi connectivity index (χ2v) is 6.24. The molecule has 0 N–H and O–H groups in total. The lowest BCUT2D eigenvalue weighted by atomic mass is 9.91. The highest BCUT2D eigenvalue weighted by Gasteiger charge is 2.22. The van der Waals surface area contributed by atoms with Crippen LogP contribution in [0.2, 0.25) is 0 Å². The van der Waals surface area contributed by atoms with E-state index in [-0.39, 0.29) is 12.2 Å². The highest BCUT2D eigenvalue weighted by Crippen LogP contribution is 2.42. The summed E-state index contributed by atoms with van der Waals surface area (Å²) in [5, 5.41) is 0. The van der Waals surface area contributed by atoms with Crippen molar-refractivity contribution < 1.29 is 19.0 Å². The predicted octanol–water partition coefficient (Wildman–Crippen LogP) is 4.37. The number of Topliss-reactive ketones (excluding diaryl/α,β-unsaturated/α-hetero) is 1. The van der Waals surface area contributed by atoms with Gasteiger partial charge in [0.25, 0.3) is 0 Å². The third-order valence-corrected chi connectivity index (χ3v) is 4.72. The Labute approximate surface area is 149 Å². The molecule has 0 aromatic heterocycles. The molecular formula is C21H26O4. The second kappa shape index (κ2) is 7.60. The maximum absolute atomic E-state index is 13.1. The average molecular weight is 342 g/mol. The number of benzene rings is 2. The summed E-state index contributed by atoms with van der Waals surface area (Å²) in [6, 6.07) is 5.91. The molecule has 2 aromatic rings. The number of ketones is 1. The van der Waals surface area contributed by atoms with Crippen LogP contribution in [0.25, 0.3) is 0 Å². The molecule has 0 saturated heterocycles. The van der Waals surface area contributed by atoms with Gasteiger partial charge in [-0.3, -0.25) is 4.79 Å². The van der Waals surface area contributed by atoms with Gasteiger partial charge in [0.05, 0.1) is 21.3 Å². The number of methoxy groups -OCH3 is 3. The van der Waals surface area contributed by atoms with Crippen LogP contribution in [0.1, 0.15) is 38.2 Å². The quantitative estimate of drug-likeness (QED) is 0.731. The number of rotatable bonds is 6. The van der Waals surface area contributed by atoms with Crippen molar-refractivity contribution in [1.29, 1.82) is 0 Å². The van der Waals surface area contributed by atoms with Gasteiger partial charge in [0, 0.05) is 17.5 Å². The Kier molecular flexibility index (Phi) is 5.73. The molecule has 0 spiro atoms. The first kappa shape index (κ1) is 18.8. The summed E-state index contributed by atoms with van der Waals surface area (Å²) < 4.78 is 16.4. The zero-order chi connectivity index (χ0) is 18.7. The Hall–Kier alpha value is -2.49. The fraction of sp³-hybridized carbons (Fsp3) is 0.381. The number of ether oxygens (including phenoxy) is 3. The van der Waals surface area contributed by atoms with Crippen molar-refractivity contribution in [2.75, 3.05) is 21.3 Å². The van der Waals surface area contributed by atoms with Crippen LogP contribution in [0.4, 0.5) is 0 Å². The molecule has 4 nitrogen and oxygen atoms in total. The second-order valence-electron chi connectivity index (χ2n) is 6.24. The molecule has 0 radical (unpaired) electrons. The van der Waals surface area contributed by atoms with E-state index in [0.29, 0.717) is 17.2 Å². The molecule has 2 rings (SSSR count). The van der Waals surface area contributed by atoms with Crippen LogP contribution in [0.5, 0.6) is 17.2 Å². The number of hydrogen-bond acceptors (Lipinski definition) is 4. The lowest BCUT2D eigenvalue weighted by molar-refractivity contribution is 0.0990. The lowest BCUT2D eigenvalue weighted by Crippen LogP contribution is -2.11. The van der Waals surface area contributed by atoms with Crippen LogP contribution >= 0.6 is 0 Å². The van der Waals surface area contributed by atoms with E-state index in [1.54, 1.807) is 21.3 Å². The van der Waals surface area contributed by atoms with E-state index >= 15 is 0 Å². The molecule has 0 aliphatic rings. The van der Waals surface area contributed by atoms with Crippen molar-refractivity contribution in [3.63, 3.8) is 0 Å². The van der Waals surface area contributed by atoms with E-state index < -0.39 is 0 Å². The predicted molar refractivity (Wildman–Crippen MR) is 99.5 cm³/mol. The van der Waals surface area contributed by atoms with Gasteiger partial charge in [-0.2, -0.15) is 0 Å². The van der Waals surface area contributed by atoms with Crippen LogP contribution < -0.4 is 14.2 Å². The maximum Gasteiger partial charge on any atom is 0.203 e. The summed E-state index contributed by atoms with van der Waals surface area (Å²) in [4.78, 5) is 13.1. The zero-order valence-electron chi connectivity index (χ0n) is 16.1. The van der Waals surface area contributed by atoms with E-state index in [4.69, 9.17) is 14.2 Å². The van der Waals surface area contributed by atoms with E-state index in [1.807, 2.05) is 45.9 Å². The van der Waals surface area contributed by atoms with Crippen LogP contribution in [-0.2, 0) is 6.42 Å². The third-order valence-electron chi connectivity index (χ3n) is 4.72. The van der Waals surface area contributed by atoms with Crippen LogP contribution in [0.15, 0.2) is 18.2 Å². The lowest BCUT2D eigenvalue weighted by Gasteiger charge is -2.19. The molecule has 0 amide bonds. The molecule has 2 aromatic carbocycles. The van der Waals surface area contributed by atoms with E-state index in [0.717, 1.165) is 33.4 Å². The van der Waals surface area contributed by atoms with E-state index in [1.165, 1.54) is 0 Å². The van der Waals surface area contributed by atoms with Crippen LogP contribution in [-0.4, -0.2) is 27.1 Å². The van der Waals surface area contributed by atoms with E-state index in [9.17, 15) is 4.79 Å². The molecule has 0 heterocycles. The van der Waals surface area contributed by atoms with Gasteiger partial charge in [-0.15, -0.1) is 0 Å². The largest absolute Gasteiger partial charge is 0.493 e. The van der Waals surface area contributed by atoms with Gasteiger partial charge in [0.2, 0.25) is 5.75 Å². The van der Waals surface area contributed by atoms with Gasteiger partial charge in [-0.05, 0) is 56.0 Å². The summed E-state index contributed by atoms with van der Waals surface area (Å²) in [5.41, 5.74) is 5.68. The monoisotopic (exact) mass is 342 g/mol. The minimum absolute atomic E-state index is 0.0762. The van der Waals surface area contributed by atoms with E-state index in [2.05, 4.69) is 0 Å². The minimum atomic E-state index is 0.0762. The molecule has 0 saturated carbocycles. The molecule has 134 valence electrons. The molecule has 0 aliphatic carbocycles. The Morgan fingerprint density at radius 1 is 0.840 bits per heavy atom. The van der Waals surface area contributed by atoms with Crippen molar-refractivity contribution in [3.05, 3.63) is 51.6 Å². The first-order valence-corrected chi connectivity index (χ1v) is 8.24. The molecule has 0 atom stereocenters. The smallest absolute Gasteiger partial charge is 0.203 e. The van der Waals surface area contributed by atoms with Crippen molar-refractivity contribution in [3.8, 4) is 17.2 Å². The third kappa shape index (κ3) is 3.48. The Bertz CT molecular complexity index is 806. The maximum atomic E-state index is 13.1. The molecule has 0 bridgehead atoms. The van der Waals surface area contributed by atoms with Gasteiger partial charge in [-0.1, -0.05) is 12.1 Å². The highest BCUT2D eigenvalue weighted by atomic mass is 16.5. The normalized spacial score (nSPS) is 10.5. The standard InChI is InChI=1S/C21H26O4/c1-12-8-9-13(2)19(15(12)4)17(22)11-16-14(3)10-18(23-5)21(25-7)20(16)24-6/h8-10H,11H2,1-7H3. The molecule has 0 unspecified atom stereocenters. The summed E-state index contributed by atoms with van der Waals surface area (Å²) in [6.07, 6.45) is 0.250. The summed E-state index contributed by atoms with van der Waals surface area (Å²) >= 11 is 0. The number of hydrogen-bond donors (Lipinski definition) is 0. The topological polar surface area (TPSA) is 44.8 Å². The van der Waals surface area contributed by atoms with Gasteiger partial charge in [0.1, 0.15) is 0 Å². The zero-order valence-corrected chi connectivity index (χ0v) is 16.1. The molecule has 0 aliphatic heterocycles. The number of aryl methyl sites for hydroxylation is 3. The van der Waals surface area contributed by atoms with Crippen molar-refractivity contribution in [1.82, 2.24) is 0 Å². The highest BCUT2D eigenvalue weighted by molar-refractivity contribution is 6.01. The summed E-state index contributed by atoms with van der Waals surface area (Å²) in [7, 11) is 4.73. The minimum Gasteiger partial charge on any atom is -0.493 e. The summed E-state index contributed by atoms with van der Waals surface area (Å²) in [6.45, 7) is 7.93. The first-order valence-electron chi connectivity index (χ1n) is 8.24. The fourth-order valence-corrected chi connectivity index (χ4v) is 3.19. The summed E-state index contributed by atoms with van der Waals surface area (Å²) in [5.74, 6) is 1.73. The van der Waals surface area contributed by atoms with Crippen molar-refractivity contribution in [2.24, 2.45) is 0 Å². The Balaban J connectivity index is 2.54. The first-order chi connectivity index (χ1) is 11.8. The molecule has 4 heteroatoms. The fourth-order valence-electron chi connectivity index (χ4n) is 3.19. The van der Waals surface area contributed by atoms with Crippen molar-refractivity contribution in [2.45, 2.75) is 34.1 Å². The van der Waals surface area contributed by atoms with Gasteiger partial charge >= 0.3 is 0 Å². The average Bonchev–Trinajstić information content (AvgIpc) is 2.59. The van der Waals surface area contributed by atoms with Crippen LogP contribution in [0.3, 0.4) is 0 Å².